The van der Waals surface area contributed by atoms with E-state index >= 15 is 0 Å². The zero-order chi connectivity index (χ0) is 11.6. The quantitative estimate of drug-likeness (QED) is 0.799. The van der Waals surface area contributed by atoms with Crippen LogP contribution < -0.4 is 0 Å². The predicted molar refractivity (Wildman–Crippen MR) is 57.8 cm³/mol. The molecule has 0 radical (unpaired) electrons. The highest BCUT2D eigenvalue weighted by Gasteiger charge is 2.47. The molecule has 0 aromatic carbocycles. The molecule has 1 aliphatic carbocycles. The van der Waals surface area contributed by atoms with Crippen LogP contribution in [0.25, 0.3) is 0 Å². The van der Waals surface area contributed by atoms with Gasteiger partial charge in [0.2, 0.25) is 0 Å². The summed E-state index contributed by atoms with van der Waals surface area (Å²) in [4.78, 5) is 0. The molecule has 1 N–H and O–H groups in total. The molecular formula is C11H14O4S. The number of aryl methyl sites for hydroxylation is 1. The zero-order valence-corrected chi connectivity index (χ0v) is 9.93. The number of hydrogen-bond donors (Lipinski definition) is 1. The van der Waals surface area contributed by atoms with E-state index in [-0.39, 0.29) is 11.5 Å². The highest BCUT2D eigenvalue weighted by molar-refractivity contribution is 7.90. The summed E-state index contributed by atoms with van der Waals surface area (Å²) in [6.07, 6.45) is 1.99. The van der Waals surface area contributed by atoms with E-state index in [0.29, 0.717) is 17.9 Å². The first kappa shape index (κ1) is 10.4. The van der Waals surface area contributed by atoms with Crippen molar-refractivity contribution in [3.63, 3.8) is 0 Å². The topological polar surface area (TPSA) is 67.5 Å². The van der Waals surface area contributed by atoms with E-state index < -0.39 is 15.4 Å². The lowest BCUT2D eigenvalue weighted by Crippen LogP contribution is -2.20. The minimum Gasteiger partial charge on any atom is -0.465 e. The van der Waals surface area contributed by atoms with Crippen LogP contribution in [0, 0.1) is 6.92 Å². The van der Waals surface area contributed by atoms with Crippen LogP contribution >= 0.6 is 0 Å². The van der Waals surface area contributed by atoms with Gasteiger partial charge in [0.05, 0.1) is 11.4 Å². The summed E-state index contributed by atoms with van der Waals surface area (Å²) in [5.41, 5.74) is 1.06. The molecule has 0 bridgehead atoms. The van der Waals surface area contributed by atoms with Gasteiger partial charge in [-0.15, -0.1) is 0 Å². The van der Waals surface area contributed by atoms with Crippen molar-refractivity contribution < 1.29 is 17.9 Å². The lowest BCUT2D eigenvalue weighted by molar-refractivity contribution is 0.148. The predicted octanol–water partition coefficient (Wildman–Crippen LogP) is 1.04. The van der Waals surface area contributed by atoms with Crippen LogP contribution in [0.1, 0.15) is 35.5 Å². The molecule has 1 aromatic heterocycles. The van der Waals surface area contributed by atoms with Gasteiger partial charge in [0, 0.05) is 11.1 Å². The average Bonchev–Trinajstić information content (AvgIpc) is 2.79. The number of sulfone groups is 1. The van der Waals surface area contributed by atoms with Crippen molar-refractivity contribution in [1.82, 2.24) is 0 Å². The maximum Gasteiger partial charge on any atom is 0.157 e. The molecule has 1 fully saturated rings. The van der Waals surface area contributed by atoms with Crippen LogP contribution in [0.5, 0.6) is 0 Å². The molecule has 1 saturated carbocycles. The third-order valence-electron chi connectivity index (χ3n) is 3.47. The van der Waals surface area contributed by atoms with Crippen molar-refractivity contribution in [3.05, 3.63) is 22.6 Å². The Morgan fingerprint density at radius 3 is 2.69 bits per heavy atom. The second-order valence-corrected chi connectivity index (χ2v) is 6.99. The largest absolute Gasteiger partial charge is 0.465 e. The minimum absolute atomic E-state index is 0.0146. The molecule has 0 atom stereocenters. The van der Waals surface area contributed by atoms with Crippen LogP contribution in [-0.4, -0.2) is 19.3 Å². The van der Waals surface area contributed by atoms with E-state index in [9.17, 15) is 13.5 Å². The maximum atomic E-state index is 11.5. The fraction of sp³-hybridized carbons (Fsp3) is 0.636. The molecule has 16 heavy (non-hydrogen) atoms. The van der Waals surface area contributed by atoms with Gasteiger partial charge in [-0.25, -0.2) is 8.42 Å². The standard InChI is InChI=1S/C11H14O4S/c1-7-10(11(12)3-4-11)8-2-5-16(13,14)6-9(8)15-7/h12H,2-6H2,1H3. The molecular weight excluding hydrogens is 228 g/mol. The molecule has 88 valence electrons. The van der Waals surface area contributed by atoms with Crippen LogP contribution in [0.4, 0.5) is 0 Å². The molecule has 0 saturated heterocycles. The summed E-state index contributed by atoms with van der Waals surface area (Å²) in [7, 11) is -3.00. The first-order chi connectivity index (χ1) is 7.41. The Morgan fingerprint density at radius 1 is 1.38 bits per heavy atom. The molecule has 1 aromatic rings. The van der Waals surface area contributed by atoms with E-state index in [1.54, 1.807) is 6.92 Å². The van der Waals surface area contributed by atoms with Gasteiger partial charge in [0.25, 0.3) is 0 Å². The van der Waals surface area contributed by atoms with Gasteiger partial charge in [-0.3, -0.25) is 0 Å². The van der Waals surface area contributed by atoms with Gasteiger partial charge in [-0.05, 0) is 26.2 Å². The van der Waals surface area contributed by atoms with E-state index in [0.717, 1.165) is 24.0 Å². The summed E-state index contributed by atoms with van der Waals surface area (Å²) < 4.78 is 28.5. The van der Waals surface area contributed by atoms with Crippen LogP contribution in [0.15, 0.2) is 4.42 Å². The van der Waals surface area contributed by atoms with E-state index in [1.807, 2.05) is 0 Å². The fourth-order valence-corrected chi connectivity index (χ4v) is 3.83. The number of aliphatic hydroxyl groups is 1. The summed E-state index contributed by atoms with van der Waals surface area (Å²) in [6, 6.07) is 0. The van der Waals surface area contributed by atoms with Gasteiger partial charge >= 0.3 is 0 Å². The first-order valence-corrected chi connectivity index (χ1v) is 7.28. The third kappa shape index (κ3) is 1.42. The highest BCUT2D eigenvalue weighted by atomic mass is 32.2. The second kappa shape index (κ2) is 2.90. The monoisotopic (exact) mass is 242 g/mol. The summed E-state index contributed by atoms with van der Waals surface area (Å²) in [5.74, 6) is 1.38. The number of rotatable bonds is 1. The molecule has 2 aliphatic rings. The summed E-state index contributed by atoms with van der Waals surface area (Å²) in [5, 5.41) is 10.1. The highest BCUT2D eigenvalue weighted by Crippen LogP contribution is 2.50. The maximum absolute atomic E-state index is 11.5. The SMILES string of the molecule is Cc1oc2c(c1C1(O)CC1)CCS(=O)(=O)C2. The molecule has 0 unspecified atom stereocenters. The third-order valence-corrected chi connectivity index (χ3v) is 5.00. The Hall–Kier alpha value is -0.810. The van der Waals surface area contributed by atoms with Crippen molar-refractivity contribution in [1.29, 1.82) is 0 Å². The lowest BCUT2D eigenvalue weighted by atomic mass is 10.00. The number of hydrogen-bond acceptors (Lipinski definition) is 4. The van der Waals surface area contributed by atoms with Gasteiger partial charge in [0.15, 0.2) is 9.84 Å². The summed E-state index contributed by atoms with van der Waals surface area (Å²) in [6.45, 7) is 1.80. The van der Waals surface area contributed by atoms with E-state index in [4.69, 9.17) is 4.42 Å². The Bertz CT molecular complexity index is 549. The fourth-order valence-electron chi connectivity index (χ4n) is 2.54. The Morgan fingerprint density at radius 2 is 2.06 bits per heavy atom. The molecule has 1 aliphatic heterocycles. The van der Waals surface area contributed by atoms with Crippen molar-refractivity contribution in [2.24, 2.45) is 0 Å². The van der Waals surface area contributed by atoms with Gasteiger partial charge in [-0.1, -0.05) is 0 Å². The van der Waals surface area contributed by atoms with Crippen molar-refractivity contribution in [2.75, 3.05) is 5.75 Å². The second-order valence-electron chi connectivity index (χ2n) is 4.81. The van der Waals surface area contributed by atoms with Crippen LogP contribution in [0.2, 0.25) is 0 Å². The molecule has 4 nitrogen and oxygen atoms in total. The molecule has 2 heterocycles. The van der Waals surface area contributed by atoms with Crippen LogP contribution in [0.3, 0.4) is 0 Å². The lowest BCUT2D eigenvalue weighted by Gasteiger charge is -2.14. The van der Waals surface area contributed by atoms with Crippen molar-refractivity contribution in [2.45, 2.75) is 37.5 Å². The Kier molecular flexibility index (Phi) is 1.87. The van der Waals surface area contributed by atoms with Crippen molar-refractivity contribution in [3.8, 4) is 0 Å². The molecule has 0 spiro atoms. The van der Waals surface area contributed by atoms with Crippen LogP contribution in [-0.2, 0) is 27.6 Å². The van der Waals surface area contributed by atoms with Crippen molar-refractivity contribution >= 4 is 9.84 Å². The zero-order valence-electron chi connectivity index (χ0n) is 9.12. The summed E-state index contributed by atoms with van der Waals surface area (Å²) >= 11 is 0. The first-order valence-electron chi connectivity index (χ1n) is 5.46. The minimum atomic E-state index is -3.00. The van der Waals surface area contributed by atoms with Gasteiger partial charge in [-0.2, -0.15) is 0 Å². The van der Waals surface area contributed by atoms with E-state index in [1.165, 1.54) is 0 Å². The number of fused-ring (bicyclic) bond motifs is 1. The van der Waals surface area contributed by atoms with Gasteiger partial charge in [0.1, 0.15) is 17.3 Å². The Balaban J connectivity index is 2.13. The normalized spacial score (nSPS) is 25.1. The average molecular weight is 242 g/mol. The van der Waals surface area contributed by atoms with E-state index in [2.05, 4.69) is 0 Å². The smallest absolute Gasteiger partial charge is 0.157 e. The Labute approximate surface area is 94.2 Å². The van der Waals surface area contributed by atoms with Gasteiger partial charge < -0.3 is 9.52 Å². The molecule has 3 rings (SSSR count). The number of furan rings is 1. The molecule has 0 amide bonds. The molecule has 5 heteroatoms.